The molecule has 1 saturated heterocycles. The van der Waals surface area contributed by atoms with Crippen molar-refractivity contribution in [2.75, 3.05) is 13.1 Å². The number of likely N-dealkylation sites (tertiary alicyclic amines) is 1. The first kappa shape index (κ1) is 21.2. The Hall–Kier alpha value is -2.99. The van der Waals surface area contributed by atoms with E-state index >= 15 is 0 Å². The van der Waals surface area contributed by atoms with Gasteiger partial charge >= 0.3 is 0 Å². The van der Waals surface area contributed by atoms with Crippen molar-refractivity contribution < 1.29 is 9.90 Å². The van der Waals surface area contributed by atoms with E-state index in [0.29, 0.717) is 24.8 Å². The third kappa shape index (κ3) is 4.39. The van der Waals surface area contributed by atoms with Crippen LogP contribution in [-0.2, 0) is 0 Å². The summed E-state index contributed by atoms with van der Waals surface area (Å²) < 4.78 is 1.77. The van der Waals surface area contributed by atoms with E-state index in [1.165, 1.54) is 5.56 Å². The smallest absolute Gasteiger partial charge is 0.293 e. The number of hydrogen-bond donors (Lipinski definition) is 1. The summed E-state index contributed by atoms with van der Waals surface area (Å²) in [6.07, 6.45) is 1.03. The molecule has 1 aliphatic rings. The van der Waals surface area contributed by atoms with Gasteiger partial charge in [0, 0.05) is 13.1 Å². The molecule has 1 aliphatic heterocycles. The van der Waals surface area contributed by atoms with Gasteiger partial charge in [0.15, 0.2) is 0 Å². The van der Waals surface area contributed by atoms with Gasteiger partial charge < -0.3 is 10.0 Å². The summed E-state index contributed by atoms with van der Waals surface area (Å²) in [5.74, 6) is 1.28. The van der Waals surface area contributed by atoms with Gasteiger partial charge in [-0.05, 0) is 48.8 Å². The second-order valence-corrected chi connectivity index (χ2v) is 8.59. The fourth-order valence-corrected chi connectivity index (χ4v) is 4.36. The number of aliphatic hydroxyl groups excluding tert-OH is 1. The lowest BCUT2D eigenvalue weighted by molar-refractivity contribution is 0.0454. The molecule has 1 aromatic heterocycles. The van der Waals surface area contributed by atoms with Crippen LogP contribution in [0.4, 0.5) is 0 Å². The molecule has 6 heteroatoms. The first-order valence-corrected chi connectivity index (χ1v) is 11.0. The van der Waals surface area contributed by atoms with E-state index in [9.17, 15) is 9.90 Å². The standard InChI is InChI=1S/C25H30N4O2/c1-17(2)21-11-7-8-12-22(21)29-18(3)26-24(27-29)25(31)28-15-13-20(14-16-28)23(30)19-9-5-4-6-10-19/h4-12,17,20,23,30H,13-16H2,1-3H3. The predicted octanol–water partition coefficient (Wildman–Crippen LogP) is 4.28. The van der Waals surface area contributed by atoms with Crippen LogP contribution in [-0.4, -0.2) is 43.8 Å². The van der Waals surface area contributed by atoms with Crippen molar-refractivity contribution in [3.8, 4) is 5.69 Å². The number of aromatic nitrogens is 3. The maximum Gasteiger partial charge on any atom is 0.293 e. The fourth-order valence-electron chi connectivity index (χ4n) is 4.36. The van der Waals surface area contributed by atoms with Gasteiger partial charge in [-0.3, -0.25) is 4.79 Å². The molecule has 0 aliphatic carbocycles. The first-order valence-electron chi connectivity index (χ1n) is 11.0. The van der Waals surface area contributed by atoms with Crippen molar-refractivity contribution in [1.29, 1.82) is 0 Å². The van der Waals surface area contributed by atoms with Crippen LogP contribution in [0.15, 0.2) is 54.6 Å². The lowest BCUT2D eigenvalue weighted by Crippen LogP contribution is -2.40. The maximum atomic E-state index is 13.1. The quantitative estimate of drug-likeness (QED) is 0.671. The Morgan fingerprint density at radius 1 is 1.03 bits per heavy atom. The number of piperidine rings is 1. The molecule has 2 aromatic carbocycles. The Labute approximate surface area is 183 Å². The Morgan fingerprint density at radius 3 is 2.35 bits per heavy atom. The van der Waals surface area contributed by atoms with Gasteiger partial charge in [0.05, 0.1) is 11.8 Å². The highest BCUT2D eigenvalue weighted by molar-refractivity contribution is 5.90. The molecule has 1 amide bonds. The van der Waals surface area contributed by atoms with E-state index in [1.807, 2.05) is 60.4 Å². The molecule has 0 bridgehead atoms. The Balaban J connectivity index is 1.46. The number of aryl methyl sites for hydroxylation is 1. The third-order valence-electron chi connectivity index (χ3n) is 6.16. The van der Waals surface area contributed by atoms with E-state index in [4.69, 9.17) is 0 Å². The minimum Gasteiger partial charge on any atom is -0.388 e. The predicted molar refractivity (Wildman–Crippen MR) is 120 cm³/mol. The van der Waals surface area contributed by atoms with Crippen molar-refractivity contribution in [3.05, 3.63) is 77.4 Å². The van der Waals surface area contributed by atoms with E-state index in [1.54, 1.807) is 4.68 Å². The molecule has 0 radical (unpaired) electrons. The van der Waals surface area contributed by atoms with Gasteiger partial charge in [0.2, 0.25) is 5.82 Å². The van der Waals surface area contributed by atoms with Crippen LogP contribution in [0.5, 0.6) is 0 Å². The number of carbonyl (C=O) groups excluding carboxylic acids is 1. The zero-order valence-corrected chi connectivity index (χ0v) is 18.4. The molecular formula is C25H30N4O2. The van der Waals surface area contributed by atoms with E-state index in [-0.39, 0.29) is 17.6 Å². The van der Waals surface area contributed by atoms with Crippen LogP contribution in [0.2, 0.25) is 0 Å². The van der Waals surface area contributed by atoms with Crippen LogP contribution in [0.1, 0.15) is 66.3 Å². The molecular weight excluding hydrogens is 388 g/mol. The van der Waals surface area contributed by atoms with Crippen molar-refractivity contribution >= 4 is 5.91 Å². The lowest BCUT2D eigenvalue weighted by Gasteiger charge is -2.33. The molecule has 0 saturated carbocycles. The highest BCUT2D eigenvalue weighted by Crippen LogP contribution is 2.31. The van der Waals surface area contributed by atoms with E-state index in [0.717, 1.165) is 24.1 Å². The monoisotopic (exact) mass is 418 g/mol. The summed E-state index contributed by atoms with van der Waals surface area (Å²) in [7, 11) is 0. The Kier molecular flexibility index (Phi) is 6.18. The molecule has 1 atom stereocenters. The Bertz CT molecular complexity index is 1040. The largest absolute Gasteiger partial charge is 0.388 e. The van der Waals surface area contributed by atoms with Crippen LogP contribution in [0.25, 0.3) is 5.69 Å². The number of nitrogens with zero attached hydrogens (tertiary/aromatic N) is 4. The van der Waals surface area contributed by atoms with Crippen LogP contribution >= 0.6 is 0 Å². The van der Waals surface area contributed by atoms with Crippen molar-refractivity contribution in [2.45, 2.75) is 45.6 Å². The van der Waals surface area contributed by atoms with Crippen LogP contribution in [0, 0.1) is 12.8 Å². The zero-order valence-electron chi connectivity index (χ0n) is 18.4. The number of carbonyl (C=O) groups is 1. The van der Waals surface area contributed by atoms with E-state index < -0.39 is 6.10 Å². The molecule has 1 N–H and O–H groups in total. The minimum atomic E-state index is -0.495. The normalized spacial score (nSPS) is 16.0. The number of benzene rings is 2. The van der Waals surface area contributed by atoms with Gasteiger partial charge in [-0.15, -0.1) is 5.10 Å². The summed E-state index contributed by atoms with van der Waals surface area (Å²) in [4.78, 5) is 19.4. The average molecular weight is 419 g/mol. The SMILES string of the molecule is Cc1nc(C(=O)N2CCC(C(O)c3ccccc3)CC2)nn1-c1ccccc1C(C)C. The maximum absolute atomic E-state index is 13.1. The average Bonchev–Trinajstić information content (AvgIpc) is 3.20. The Morgan fingerprint density at radius 2 is 1.68 bits per heavy atom. The van der Waals surface area contributed by atoms with Gasteiger partial charge in [0.1, 0.15) is 5.82 Å². The number of amides is 1. The molecule has 162 valence electrons. The highest BCUT2D eigenvalue weighted by atomic mass is 16.3. The molecule has 1 unspecified atom stereocenters. The number of rotatable bonds is 5. The van der Waals surface area contributed by atoms with Crippen molar-refractivity contribution in [2.24, 2.45) is 5.92 Å². The highest BCUT2D eigenvalue weighted by Gasteiger charge is 2.30. The minimum absolute atomic E-state index is 0.142. The zero-order chi connectivity index (χ0) is 22.0. The van der Waals surface area contributed by atoms with Gasteiger partial charge in [-0.25, -0.2) is 9.67 Å². The molecule has 31 heavy (non-hydrogen) atoms. The summed E-state index contributed by atoms with van der Waals surface area (Å²) in [6, 6.07) is 17.8. The van der Waals surface area contributed by atoms with Crippen molar-refractivity contribution in [3.63, 3.8) is 0 Å². The second-order valence-electron chi connectivity index (χ2n) is 8.59. The topological polar surface area (TPSA) is 71.2 Å². The number of para-hydroxylation sites is 1. The van der Waals surface area contributed by atoms with Crippen molar-refractivity contribution in [1.82, 2.24) is 19.7 Å². The second kappa shape index (κ2) is 9.02. The molecule has 1 fully saturated rings. The molecule has 4 rings (SSSR count). The lowest BCUT2D eigenvalue weighted by atomic mass is 9.87. The molecule has 0 spiro atoms. The first-order chi connectivity index (χ1) is 15.0. The molecule has 6 nitrogen and oxygen atoms in total. The summed E-state index contributed by atoms with van der Waals surface area (Å²) in [5.41, 5.74) is 3.07. The molecule has 2 heterocycles. The fraction of sp³-hybridized carbons (Fsp3) is 0.400. The summed E-state index contributed by atoms with van der Waals surface area (Å²) in [5, 5.41) is 15.3. The number of aliphatic hydroxyl groups is 1. The summed E-state index contributed by atoms with van der Waals surface area (Å²) >= 11 is 0. The number of hydrogen-bond acceptors (Lipinski definition) is 4. The van der Waals surface area contributed by atoms with Crippen LogP contribution < -0.4 is 0 Å². The third-order valence-corrected chi connectivity index (χ3v) is 6.16. The van der Waals surface area contributed by atoms with Crippen LogP contribution in [0.3, 0.4) is 0 Å². The van der Waals surface area contributed by atoms with Gasteiger partial charge in [-0.2, -0.15) is 0 Å². The van der Waals surface area contributed by atoms with E-state index in [2.05, 4.69) is 30.0 Å². The molecule has 3 aromatic rings. The summed E-state index contributed by atoms with van der Waals surface area (Å²) in [6.45, 7) is 7.37. The van der Waals surface area contributed by atoms with Gasteiger partial charge in [0.25, 0.3) is 5.91 Å². The van der Waals surface area contributed by atoms with Gasteiger partial charge in [-0.1, -0.05) is 62.4 Å².